The predicted octanol–water partition coefficient (Wildman–Crippen LogP) is 4.36. The summed E-state index contributed by atoms with van der Waals surface area (Å²) in [5.41, 5.74) is 5.06. The van der Waals surface area contributed by atoms with Crippen molar-refractivity contribution in [3.63, 3.8) is 0 Å². The Hall–Kier alpha value is -2.86. The molecule has 0 aliphatic carbocycles. The summed E-state index contributed by atoms with van der Waals surface area (Å²) in [7, 11) is 0. The number of carbonyl (C=O) groups excluding carboxylic acids is 1. The van der Waals surface area contributed by atoms with E-state index in [0.717, 1.165) is 36.5 Å². The molecule has 0 N–H and O–H groups in total. The van der Waals surface area contributed by atoms with Gasteiger partial charge in [-0.1, -0.05) is 35.9 Å². The quantitative estimate of drug-likeness (QED) is 0.648. The molecule has 3 heterocycles. The lowest BCUT2D eigenvalue weighted by molar-refractivity contribution is 0.0138. The average molecular weight is 407 g/mol. The number of ether oxygens (including phenoxy) is 1. The second kappa shape index (κ2) is 8.11. The second-order valence-corrected chi connectivity index (χ2v) is 8.95. The van der Waals surface area contributed by atoms with Gasteiger partial charge in [-0.25, -0.2) is 9.78 Å². The molecule has 1 fully saturated rings. The fourth-order valence-corrected chi connectivity index (χ4v) is 3.77. The van der Waals surface area contributed by atoms with Crippen molar-refractivity contribution in [2.45, 2.75) is 39.8 Å². The van der Waals surface area contributed by atoms with Gasteiger partial charge in [0.05, 0.1) is 11.4 Å². The van der Waals surface area contributed by atoms with E-state index in [9.17, 15) is 4.79 Å². The fourth-order valence-electron chi connectivity index (χ4n) is 3.77. The molecule has 158 valence electrons. The summed E-state index contributed by atoms with van der Waals surface area (Å²) in [5.74, 6) is 0. The Morgan fingerprint density at radius 3 is 2.40 bits per heavy atom. The SMILES string of the molecule is Cc1ccc(-c2nc3ccccn3c2CN2CCN(C(=O)OC(C)(C)C)CC2)cc1. The molecule has 2 aromatic heterocycles. The smallest absolute Gasteiger partial charge is 0.410 e. The molecular formula is C24H30N4O2. The zero-order valence-electron chi connectivity index (χ0n) is 18.3. The van der Waals surface area contributed by atoms with E-state index in [0.29, 0.717) is 13.1 Å². The second-order valence-electron chi connectivity index (χ2n) is 8.95. The lowest BCUT2D eigenvalue weighted by Crippen LogP contribution is -2.49. The average Bonchev–Trinajstić information content (AvgIpc) is 3.06. The minimum absolute atomic E-state index is 0.225. The molecule has 1 aromatic carbocycles. The maximum atomic E-state index is 12.3. The first-order valence-corrected chi connectivity index (χ1v) is 10.5. The minimum atomic E-state index is -0.465. The number of fused-ring (bicyclic) bond motifs is 1. The number of rotatable bonds is 3. The third kappa shape index (κ3) is 4.49. The first-order valence-electron chi connectivity index (χ1n) is 10.5. The molecule has 0 bridgehead atoms. The molecule has 6 nitrogen and oxygen atoms in total. The number of carbonyl (C=O) groups is 1. The number of piperazine rings is 1. The van der Waals surface area contributed by atoms with Crippen molar-refractivity contribution in [1.82, 2.24) is 19.2 Å². The molecule has 0 saturated carbocycles. The van der Waals surface area contributed by atoms with Gasteiger partial charge in [-0.15, -0.1) is 0 Å². The molecule has 6 heteroatoms. The van der Waals surface area contributed by atoms with E-state index in [4.69, 9.17) is 9.72 Å². The summed E-state index contributed by atoms with van der Waals surface area (Å²) in [5, 5.41) is 0. The topological polar surface area (TPSA) is 50.1 Å². The van der Waals surface area contributed by atoms with Crippen LogP contribution in [0.1, 0.15) is 32.0 Å². The normalized spacial score (nSPS) is 15.5. The van der Waals surface area contributed by atoms with Crippen LogP contribution in [-0.2, 0) is 11.3 Å². The van der Waals surface area contributed by atoms with Gasteiger partial charge < -0.3 is 14.0 Å². The van der Waals surface area contributed by atoms with E-state index in [1.165, 1.54) is 11.3 Å². The van der Waals surface area contributed by atoms with Gasteiger partial charge >= 0.3 is 6.09 Å². The molecule has 4 rings (SSSR count). The molecule has 1 amide bonds. The van der Waals surface area contributed by atoms with Crippen LogP contribution in [0.15, 0.2) is 48.7 Å². The zero-order valence-corrected chi connectivity index (χ0v) is 18.3. The zero-order chi connectivity index (χ0) is 21.3. The van der Waals surface area contributed by atoms with Crippen LogP contribution in [0, 0.1) is 6.92 Å². The number of nitrogens with zero attached hydrogens (tertiary/aromatic N) is 4. The lowest BCUT2D eigenvalue weighted by atomic mass is 10.1. The van der Waals surface area contributed by atoms with Crippen molar-refractivity contribution in [3.05, 3.63) is 59.9 Å². The van der Waals surface area contributed by atoms with Crippen molar-refractivity contribution >= 4 is 11.7 Å². The van der Waals surface area contributed by atoms with Gasteiger partial charge in [0.1, 0.15) is 11.2 Å². The van der Waals surface area contributed by atoms with E-state index >= 15 is 0 Å². The fraction of sp³-hybridized carbons (Fsp3) is 0.417. The number of amides is 1. The van der Waals surface area contributed by atoms with Crippen molar-refractivity contribution in [2.75, 3.05) is 26.2 Å². The van der Waals surface area contributed by atoms with Gasteiger partial charge in [0.15, 0.2) is 0 Å². The van der Waals surface area contributed by atoms with Crippen LogP contribution in [0.2, 0.25) is 0 Å². The summed E-state index contributed by atoms with van der Waals surface area (Å²) in [4.78, 5) is 21.4. The van der Waals surface area contributed by atoms with Gasteiger partial charge in [-0.05, 0) is 39.8 Å². The highest BCUT2D eigenvalue weighted by atomic mass is 16.6. The molecule has 1 saturated heterocycles. The highest BCUT2D eigenvalue weighted by Gasteiger charge is 2.27. The molecule has 0 spiro atoms. The van der Waals surface area contributed by atoms with Crippen LogP contribution in [0.25, 0.3) is 16.9 Å². The van der Waals surface area contributed by atoms with Crippen LogP contribution >= 0.6 is 0 Å². The number of aromatic nitrogens is 2. The molecular weight excluding hydrogens is 376 g/mol. The van der Waals surface area contributed by atoms with Gasteiger partial charge in [-0.3, -0.25) is 4.90 Å². The lowest BCUT2D eigenvalue weighted by Gasteiger charge is -2.35. The largest absolute Gasteiger partial charge is 0.444 e. The van der Waals surface area contributed by atoms with Gasteiger partial charge in [0.25, 0.3) is 0 Å². The van der Waals surface area contributed by atoms with Gasteiger partial charge in [0.2, 0.25) is 0 Å². The van der Waals surface area contributed by atoms with Crippen LogP contribution in [0.3, 0.4) is 0 Å². The summed E-state index contributed by atoms with van der Waals surface area (Å²) < 4.78 is 7.69. The van der Waals surface area contributed by atoms with E-state index in [2.05, 4.69) is 46.7 Å². The summed E-state index contributed by atoms with van der Waals surface area (Å²) in [6.45, 7) is 11.6. The Bertz CT molecular complexity index is 1030. The third-order valence-corrected chi connectivity index (χ3v) is 5.35. The number of benzene rings is 1. The molecule has 1 aliphatic heterocycles. The molecule has 0 atom stereocenters. The van der Waals surface area contributed by atoms with E-state index in [-0.39, 0.29) is 6.09 Å². The van der Waals surface area contributed by atoms with Crippen LogP contribution in [0.5, 0.6) is 0 Å². The monoisotopic (exact) mass is 406 g/mol. The van der Waals surface area contributed by atoms with Crippen LogP contribution in [-0.4, -0.2) is 57.1 Å². The maximum absolute atomic E-state index is 12.3. The summed E-state index contributed by atoms with van der Waals surface area (Å²) in [6.07, 6.45) is 1.85. The molecule has 1 aliphatic rings. The van der Waals surface area contributed by atoms with Crippen molar-refractivity contribution < 1.29 is 9.53 Å². The maximum Gasteiger partial charge on any atom is 0.410 e. The Morgan fingerprint density at radius 1 is 1.03 bits per heavy atom. The minimum Gasteiger partial charge on any atom is -0.444 e. The number of imidazole rings is 1. The highest BCUT2D eigenvalue weighted by Crippen LogP contribution is 2.26. The number of hydrogen-bond donors (Lipinski definition) is 0. The predicted molar refractivity (Wildman–Crippen MR) is 118 cm³/mol. The highest BCUT2D eigenvalue weighted by molar-refractivity contribution is 5.68. The first-order chi connectivity index (χ1) is 14.3. The van der Waals surface area contributed by atoms with E-state index < -0.39 is 5.60 Å². The van der Waals surface area contributed by atoms with Crippen LogP contribution in [0.4, 0.5) is 4.79 Å². The van der Waals surface area contributed by atoms with E-state index in [1.807, 2.05) is 39.0 Å². The Kier molecular flexibility index (Phi) is 5.52. The summed E-state index contributed by atoms with van der Waals surface area (Å²) >= 11 is 0. The van der Waals surface area contributed by atoms with Crippen molar-refractivity contribution in [3.8, 4) is 11.3 Å². The van der Waals surface area contributed by atoms with E-state index in [1.54, 1.807) is 4.90 Å². The van der Waals surface area contributed by atoms with Crippen molar-refractivity contribution in [2.24, 2.45) is 0 Å². The molecule has 30 heavy (non-hydrogen) atoms. The third-order valence-electron chi connectivity index (χ3n) is 5.35. The van der Waals surface area contributed by atoms with Gasteiger partial charge in [0, 0.05) is 44.5 Å². The first kappa shape index (κ1) is 20.4. The van der Waals surface area contributed by atoms with Crippen molar-refractivity contribution in [1.29, 1.82) is 0 Å². The Morgan fingerprint density at radius 2 is 1.73 bits per heavy atom. The van der Waals surface area contributed by atoms with Crippen LogP contribution < -0.4 is 0 Å². The number of pyridine rings is 1. The standard InChI is InChI=1S/C24H30N4O2/c1-18-8-10-19(11-9-18)22-20(28-12-6-5-7-21(28)25-22)17-26-13-15-27(16-14-26)23(29)30-24(2,3)4/h5-12H,13-17H2,1-4H3. The van der Waals surface area contributed by atoms with Gasteiger partial charge in [-0.2, -0.15) is 0 Å². The Labute approximate surface area is 178 Å². The number of aryl methyl sites for hydroxylation is 1. The molecule has 0 unspecified atom stereocenters. The summed E-state index contributed by atoms with van der Waals surface area (Å²) in [6, 6.07) is 14.6. The Balaban J connectivity index is 1.52. The molecule has 3 aromatic rings. The molecule has 0 radical (unpaired) electrons. The number of hydrogen-bond acceptors (Lipinski definition) is 4.